The Hall–Kier alpha value is -3.30. The molecule has 1 aliphatic rings. The summed E-state index contributed by atoms with van der Waals surface area (Å²) in [4.78, 5) is 4.90. The summed E-state index contributed by atoms with van der Waals surface area (Å²) < 4.78 is 0. The summed E-state index contributed by atoms with van der Waals surface area (Å²) in [5.41, 5.74) is 11.5. The minimum absolute atomic E-state index is 0.00858. The van der Waals surface area contributed by atoms with Gasteiger partial charge in [-0.05, 0) is 57.7 Å². The summed E-state index contributed by atoms with van der Waals surface area (Å²) in [7, 11) is 0. The van der Waals surface area contributed by atoms with E-state index in [1.807, 2.05) is 0 Å². The monoisotopic (exact) mass is 704 g/mol. The molecule has 6 rings (SSSR count). The van der Waals surface area contributed by atoms with E-state index in [0.717, 1.165) is 12.8 Å². The third kappa shape index (κ3) is 6.94. The third-order valence-corrected chi connectivity index (χ3v) is 8.77. The molecule has 0 N–H and O–H groups in total. The van der Waals surface area contributed by atoms with Crippen LogP contribution in [0.5, 0.6) is 0 Å². The van der Waals surface area contributed by atoms with Crippen LogP contribution in [0.2, 0.25) is 0 Å². The van der Waals surface area contributed by atoms with Crippen LogP contribution in [-0.2, 0) is 32.5 Å². The van der Waals surface area contributed by atoms with Crippen LogP contribution in [0.15, 0.2) is 127 Å². The number of hydrogen-bond acceptors (Lipinski definition) is 2. The Labute approximate surface area is 286 Å². The molecule has 234 valence electrons. The molecule has 1 saturated heterocycles. The van der Waals surface area contributed by atoms with Gasteiger partial charge < -0.3 is 9.80 Å². The van der Waals surface area contributed by atoms with E-state index in [0.29, 0.717) is 0 Å². The minimum atomic E-state index is 0.00858. The molecule has 1 heterocycles. The molecule has 2 nitrogen and oxygen atoms in total. The van der Waals surface area contributed by atoms with E-state index in [9.17, 15) is 0 Å². The number of rotatable bonds is 7. The van der Waals surface area contributed by atoms with E-state index in [1.165, 1.54) is 50.3 Å². The summed E-state index contributed by atoms with van der Waals surface area (Å²) in [6, 6.07) is 46.6. The first kappa shape index (κ1) is 33.1. The average Bonchev–Trinajstić information content (AvgIpc) is 3.49. The summed E-state index contributed by atoms with van der Waals surface area (Å²) in [6.07, 6.45) is 1.93. The Kier molecular flexibility index (Phi) is 10.9. The first-order valence-electron chi connectivity index (χ1n) is 15.8. The van der Waals surface area contributed by atoms with Gasteiger partial charge in [0.25, 0.3) is 0 Å². The standard InChI is InChI=1S/C41H42N2.BrH.Cu/c1-6-30-24-17-25-31(7-2)38(30)43-29-42(39(33-20-13-9-14-21-33)40(43)34-22-15-10-16-23-34)37-28-35(41(3,4)5)26-27-36(37)32-18-11-8-12-19-32;;/h8-28,39-40H,6-7H2,1-5H3;1H;/q;;+1/p-1/t39-,40-;;/m0../s1. The molecule has 45 heavy (non-hydrogen) atoms. The molecule has 5 aromatic carbocycles. The molecule has 0 bridgehead atoms. The van der Waals surface area contributed by atoms with Crippen LogP contribution in [0, 0.1) is 6.67 Å². The Balaban J connectivity index is 0.00000196. The van der Waals surface area contributed by atoms with Gasteiger partial charge in [-0.25, -0.2) is 0 Å². The number of hydrogen-bond donors (Lipinski definition) is 0. The zero-order valence-corrected chi connectivity index (χ0v) is 29.3. The first-order valence-corrected chi connectivity index (χ1v) is 18.1. The van der Waals surface area contributed by atoms with Crippen LogP contribution in [0.3, 0.4) is 0 Å². The molecule has 1 aliphatic heterocycles. The molecule has 4 heteroatoms. The van der Waals surface area contributed by atoms with Crippen molar-refractivity contribution >= 4 is 25.5 Å². The average molecular weight is 706 g/mol. The number of aryl methyl sites for hydroxylation is 2. The fourth-order valence-corrected chi connectivity index (χ4v) is 6.46. The van der Waals surface area contributed by atoms with Crippen LogP contribution in [0.25, 0.3) is 11.1 Å². The molecule has 0 saturated carbocycles. The number of benzene rings is 5. The van der Waals surface area contributed by atoms with Crippen molar-refractivity contribution in [3.8, 4) is 11.1 Å². The molecule has 0 aromatic heterocycles. The molecular weight excluding hydrogens is 664 g/mol. The maximum atomic E-state index is 4.03. The van der Waals surface area contributed by atoms with Crippen LogP contribution in [-0.4, -0.2) is 0 Å². The molecule has 5 aromatic rings. The van der Waals surface area contributed by atoms with Gasteiger partial charge >= 0.3 is 28.3 Å². The van der Waals surface area contributed by atoms with Crippen LogP contribution in [0.4, 0.5) is 11.4 Å². The van der Waals surface area contributed by atoms with Crippen molar-refractivity contribution in [2.24, 2.45) is 0 Å². The van der Waals surface area contributed by atoms with Gasteiger partial charge in [0.2, 0.25) is 6.67 Å². The Bertz CT molecular complexity index is 1640. The summed E-state index contributed by atoms with van der Waals surface area (Å²) in [5, 5.41) is 0. The van der Waals surface area contributed by atoms with E-state index >= 15 is 0 Å². The summed E-state index contributed by atoms with van der Waals surface area (Å²) in [5.74, 6) is 0. The van der Waals surface area contributed by atoms with Gasteiger partial charge in [0, 0.05) is 16.9 Å². The van der Waals surface area contributed by atoms with Crippen molar-refractivity contribution in [2.45, 2.75) is 65.0 Å². The number of anilines is 2. The second kappa shape index (κ2) is 14.9. The van der Waals surface area contributed by atoms with Crippen molar-refractivity contribution in [1.82, 2.24) is 0 Å². The normalized spacial score (nSPS) is 16.4. The summed E-state index contributed by atoms with van der Waals surface area (Å²) >= 11 is 6.50. The molecule has 2 radical (unpaired) electrons. The zero-order chi connectivity index (χ0) is 32.0. The van der Waals surface area contributed by atoms with Crippen LogP contribution in [0.1, 0.15) is 74.5 Å². The van der Waals surface area contributed by atoms with Gasteiger partial charge in [-0.1, -0.05) is 156 Å². The second-order valence-electron chi connectivity index (χ2n) is 12.5. The third-order valence-electron chi connectivity index (χ3n) is 8.77. The van der Waals surface area contributed by atoms with Gasteiger partial charge in [-0.15, -0.1) is 0 Å². The van der Waals surface area contributed by atoms with Crippen molar-refractivity contribution in [3.05, 3.63) is 162 Å². The van der Waals surface area contributed by atoms with Gasteiger partial charge in [-0.2, -0.15) is 0 Å². The number of halogens is 1. The van der Waals surface area contributed by atoms with Gasteiger partial charge in [-0.3, -0.25) is 0 Å². The van der Waals surface area contributed by atoms with E-state index < -0.39 is 0 Å². The topological polar surface area (TPSA) is 6.48 Å². The SMILES string of the molecule is CCc1cccc(CC)c1N1[C]N(c2cc(C(C)(C)C)ccc2-c2ccccc2)[C@@H](c2ccccc2)[C@@H]1c1ccccc1.[Cu][Br]. The number of nitrogens with zero attached hydrogens (tertiary/aromatic N) is 2. The van der Waals surface area contributed by atoms with Gasteiger partial charge in [0.15, 0.2) is 0 Å². The van der Waals surface area contributed by atoms with Crippen LogP contribution < -0.4 is 9.80 Å². The van der Waals surface area contributed by atoms with Gasteiger partial charge in [0.1, 0.15) is 0 Å². The van der Waals surface area contributed by atoms with E-state index in [1.54, 1.807) is 0 Å². The molecule has 2 atom stereocenters. The van der Waals surface area contributed by atoms with E-state index in [4.69, 9.17) is 0 Å². The molecule has 0 aliphatic carbocycles. The van der Waals surface area contributed by atoms with Crippen LogP contribution >= 0.6 is 14.1 Å². The zero-order valence-electron chi connectivity index (χ0n) is 26.8. The molecule has 0 unspecified atom stereocenters. The van der Waals surface area contributed by atoms with Crippen molar-refractivity contribution in [2.75, 3.05) is 9.80 Å². The molecular formula is C41H42BrCuN2. The molecule has 0 spiro atoms. The molecule has 1 fully saturated rings. The Morgan fingerprint density at radius 2 is 1.11 bits per heavy atom. The van der Waals surface area contributed by atoms with Gasteiger partial charge in [0.05, 0.1) is 12.1 Å². The summed E-state index contributed by atoms with van der Waals surface area (Å²) in [6.45, 7) is 15.4. The van der Waals surface area contributed by atoms with E-state index in [2.05, 4.69) is 207 Å². The first-order chi connectivity index (χ1) is 21.9. The Morgan fingerprint density at radius 3 is 1.60 bits per heavy atom. The number of para-hydroxylation sites is 1. The van der Waals surface area contributed by atoms with Crippen molar-refractivity contribution in [1.29, 1.82) is 0 Å². The predicted molar refractivity (Wildman–Crippen MR) is 191 cm³/mol. The predicted octanol–water partition coefficient (Wildman–Crippen LogP) is 11.4. The van der Waals surface area contributed by atoms with Crippen molar-refractivity contribution < 1.29 is 14.2 Å². The Morgan fingerprint density at radius 1 is 0.622 bits per heavy atom. The van der Waals surface area contributed by atoms with Crippen molar-refractivity contribution in [3.63, 3.8) is 0 Å². The fourth-order valence-electron chi connectivity index (χ4n) is 6.46. The molecule has 0 amide bonds. The fraction of sp³-hybridized carbons (Fsp3) is 0.244. The maximum absolute atomic E-state index is 4.03. The van der Waals surface area contributed by atoms with E-state index in [-0.39, 0.29) is 17.5 Å². The second-order valence-corrected chi connectivity index (χ2v) is 12.5. The quantitative estimate of drug-likeness (QED) is 0.156.